The van der Waals surface area contributed by atoms with Gasteiger partial charge in [0.2, 0.25) is 0 Å². The molecule has 0 aliphatic carbocycles. The van der Waals surface area contributed by atoms with Crippen LogP contribution >= 0.6 is 11.3 Å². The van der Waals surface area contributed by atoms with Crippen molar-refractivity contribution in [1.82, 2.24) is 19.1 Å². The third kappa shape index (κ3) is 4.51. The van der Waals surface area contributed by atoms with Crippen LogP contribution in [0.5, 0.6) is 0 Å². The second-order valence-electron chi connectivity index (χ2n) is 16.8. The molecule has 0 atom stereocenters. The van der Waals surface area contributed by atoms with E-state index in [0.29, 0.717) is 11.4 Å². The predicted molar refractivity (Wildman–Crippen MR) is 268 cm³/mol. The summed E-state index contributed by atoms with van der Waals surface area (Å²) in [7, 11) is 0. The lowest BCUT2D eigenvalue weighted by Gasteiger charge is -2.15. The van der Waals surface area contributed by atoms with Gasteiger partial charge in [0.25, 0.3) is 0 Å². The van der Waals surface area contributed by atoms with Gasteiger partial charge in [-0.3, -0.25) is 0 Å². The average Bonchev–Trinajstić information content (AvgIpc) is 3.98. The zero-order valence-electron chi connectivity index (χ0n) is 34.1. The molecule has 0 N–H and O–H groups in total. The van der Waals surface area contributed by atoms with Gasteiger partial charge in [-0.2, -0.15) is 0 Å². The average molecular weight is 833 g/mol. The molecule has 0 amide bonds. The number of hydrogen-bond acceptors (Lipinski definition) is 4. The highest BCUT2D eigenvalue weighted by Gasteiger charge is 2.25. The summed E-state index contributed by atoms with van der Waals surface area (Å²) in [5, 5.41) is 13.2. The highest BCUT2D eigenvalue weighted by atomic mass is 32.1. The van der Waals surface area contributed by atoms with Gasteiger partial charge >= 0.3 is 0 Å². The largest absolute Gasteiger partial charge is 0.452 e. The van der Waals surface area contributed by atoms with Gasteiger partial charge in [-0.15, -0.1) is 11.3 Å². The Morgan fingerprint density at radius 2 is 1.02 bits per heavy atom. The Kier molecular flexibility index (Phi) is 6.77. The molecule has 0 spiro atoms. The van der Waals surface area contributed by atoms with Crippen molar-refractivity contribution in [2.24, 2.45) is 0 Å². The van der Waals surface area contributed by atoms with E-state index in [1.165, 1.54) is 52.8 Å². The van der Waals surface area contributed by atoms with Crippen molar-refractivity contribution in [3.05, 3.63) is 194 Å². The SMILES string of the molecule is c1ccc(-n2c3ccccc3c3c(-c4nc(-c5ccc(-n6c7ccc8cccc9sc%10cccc%11ccc6c(c%11%10)c7c89)c6ccccc56)nc5c4oc4ccccc45)cccc32)cc1. The number of benzene rings is 10. The van der Waals surface area contributed by atoms with Crippen LogP contribution in [0.15, 0.2) is 199 Å². The summed E-state index contributed by atoms with van der Waals surface area (Å²) in [5.74, 6) is 0.653. The first-order valence-electron chi connectivity index (χ1n) is 21.7. The Labute approximate surface area is 368 Å². The molecule has 0 aliphatic rings. The van der Waals surface area contributed by atoms with Crippen LogP contribution < -0.4 is 0 Å². The van der Waals surface area contributed by atoms with E-state index >= 15 is 0 Å². The Hall–Kier alpha value is -8.32. The van der Waals surface area contributed by atoms with E-state index in [0.717, 1.165) is 77.3 Å². The van der Waals surface area contributed by atoms with Crippen LogP contribution in [0.2, 0.25) is 0 Å². The molecule has 5 heterocycles. The molecule has 0 fully saturated rings. The molecule has 5 nitrogen and oxygen atoms in total. The van der Waals surface area contributed by atoms with Crippen LogP contribution in [0.25, 0.3) is 141 Å². The molecule has 0 unspecified atom stereocenters. The van der Waals surface area contributed by atoms with E-state index in [1.807, 2.05) is 23.5 Å². The Morgan fingerprint density at radius 1 is 0.391 bits per heavy atom. The molecule has 0 aliphatic heterocycles. The molecule has 15 aromatic rings. The maximum absolute atomic E-state index is 6.76. The lowest BCUT2D eigenvalue weighted by molar-refractivity contribution is 0.667. The number of para-hydroxylation sites is 3. The lowest BCUT2D eigenvalue weighted by Crippen LogP contribution is -1.99. The van der Waals surface area contributed by atoms with Gasteiger partial charge < -0.3 is 13.6 Å². The van der Waals surface area contributed by atoms with Crippen LogP contribution in [0, 0.1) is 0 Å². The molecular weight excluding hydrogens is 801 g/mol. The molecule has 0 saturated carbocycles. The summed E-state index contributed by atoms with van der Waals surface area (Å²) in [6.07, 6.45) is 0. The number of furan rings is 1. The van der Waals surface area contributed by atoms with Crippen LogP contribution in [0.1, 0.15) is 0 Å². The Bertz CT molecular complexity index is 4330. The molecule has 0 bridgehead atoms. The smallest absolute Gasteiger partial charge is 0.180 e. The quantitative estimate of drug-likeness (QED) is 0.177. The summed E-state index contributed by atoms with van der Waals surface area (Å²) in [6.45, 7) is 0. The second kappa shape index (κ2) is 12.6. The first-order valence-corrected chi connectivity index (χ1v) is 22.5. The summed E-state index contributed by atoms with van der Waals surface area (Å²) in [6, 6.07) is 69.8. The fourth-order valence-electron chi connectivity index (χ4n) is 10.9. The maximum Gasteiger partial charge on any atom is 0.180 e. The van der Waals surface area contributed by atoms with Crippen molar-refractivity contribution in [3.8, 4) is 34.0 Å². The molecule has 296 valence electrons. The molecule has 15 rings (SSSR count). The lowest BCUT2D eigenvalue weighted by atomic mass is 10.00. The summed E-state index contributed by atoms with van der Waals surface area (Å²) in [4.78, 5) is 11.0. The zero-order chi connectivity index (χ0) is 41.6. The van der Waals surface area contributed by atoms with E-state index in [1.54, 1.807) is 0 Å². The van der Waals surface area contributed by atoms with E-state index in [2.05, 4.69) is 191 Å². The fraction of sp³-hybridized carbons (Fsp3) is 0. The minimum absolute atomic E-state index is 0.653. The van der Waals surface area contributed by atoms with Gasteiger partial charge in [-0.25, -0.2) is 9.97 Å². The van der Waals surface area contributed by atoms with E-state index in [-0.39, 0.29) is 0 Å². The predicted octanol–water partition coefficient (Wildman–Crippen LogP) is 16.0. The highest BCUT2D eigenvalue weighted by molar-refractivity contribution is 7.24. The molecular formula is C58H32N4OS. The maximum atomic E-state index is 6.76. The van der Waals surface area contributed by atoms with Crippen molar-refractivity contribution < 1.29 is 4.42 Å². The molecule has 0 saturated heterocycles. The molecule has 6 heteroatoms. The minimum Gasteiger partial charge on any atom is -0.452 e. The summed E-state index contributed by atoms with van der Waals surface area (Å²) >= 11 is 1.89. The van der Waals surface area contributed by atoms with Crippen molar-refractivity contribution in [2.45, 2.75) is 0 Å². The third-order valence-electron chi connectivity index (χ3n) is 13.5. The zero-order valence-corrected chi connectivity index (χ0v) is 34.9. The fourth-order valence-corrected chi connectivity index (χ4v) is 12.0. The van der Waals surface area contributed by atoms with E-state index in [4.69, 9.17) is 14.4 Å². The van der Waals surface area contributed by atoms with Gasteiger partial charge in [-0.1, -0.05) is 121 Å². The van der Waals surface area contributed by atoms with Crippen LogP contribution in [0.4, 0.5) is 0 Å². The monoisotopic (exact) mass is 832 g/mol. The minimum atomic E-state index is 0.653. The van der Waals surface area contributed by atoms with Crippen molar-refractivity contribution in [1.29, 1.82) is 0 Å². The number of nitrogens with zero attached hydrogens (tertiary/aromatic N) is 4. The van der Waals surface area contributed by atoms with Gasteiger partial charge in [0, 0.05) is 69.3 Å². The Morgan fingerprint density at radius 3 is 1.78 bits per heavy atom. The number of hydrogen-bond donors (Lipinski definition) is 0. The first-order chi connectivity index (χ1) is 31.8. The first kappa shape index (κ1) is 34.3. The molecule has 64 heavy (non-hydrogen) atoms. The van der Waals surface area contributed by atoms with Crippen molar-refractivity contribution in [2.75, 3.05) is 0 Å². The topological polar surface area (TPSA) is 48.8 Å². The standard InChI is InChI=1S/C58H32N4OS/c1-2-15-35(16-3-1)61-42-22-8-6-19-39(42)52-41(21-12-23-44(52)61)56-57-55(40-20-7-9-24-47(40)63-57)59-58(60-56)38-29-32-43(37-18-5-4-17-36(37)38)62-45-30-27-33-13-10-25-48-50(33)53(45)54-46(62)31-28-34-14-11-26-49(64-48)51(34)54/h1-32H. The Balaban J connectivity index is 1.02. The van der Waals surface area contributed by atoms with Crippen LogP contribution in [-0.4, -0.2) is 19.1 Å². The summed E-state index contributed by atoms with van der Waals surface area (Å²) < 4.78 is 14.2. The number of rotatable bonds is 4. The van der Waals surface area contributed by atoms with Crippen molar-refractivity contribution in [3.63, 3.8) is 0 Å². The van der Waals surface area contributed by atoms with Crippen LogP contribution in [-0.2, 0) is 0 Å². The molecule has 10 aromatic carbocycles. The van der Waals surface area contributed by atoms with E-state index in [9.17, 15) is 0 Å². The van der Waals surface area contributed by atoms with Gasteiger partial charge in [0.1, 0.15) is 16.8 Å². The van der Waals surface area contributed by atoms with Gasteiger partial charge in [-0.05, 0) is 89.0 Å². The van der Waals surface area contributed by atoms with Gasteiger partial charge in [0.05, 0.1) is 27.8 Å². The number of fused-ring (bicyclic) bond motifs is 7. The van der Waals surface area contributed by atoms with Crippen LogP contribution in [0.3, 0.4) is 0 Å². The summed E-state index contributed by atoms with van der Waals surface area (Å²) in [5.41, 5.74) is 11.9. The highest BCUT2D eigenvalue weighted by Crippen LogP contribution is 2.48. The molecule has 5 aromatic heterocycles. The normalized spacial score (nSPS) is 12.4. The third-order valence-corrected chi connectivity index (χ3v) is 14.6. The molecule has 0 radical (unpaired) electrons. The van der Waals surface area contributed by atoms with E-state index < -0.39 is 0 Å². The number of aromatic nitrogens is 4. The second-order valence-corrected chi connectivity index (χ2v) is 17.9. The van der Waals surface area contributed by atoms with Gasteiger partial charge in [0.15, 0.2) is 11.4 Å². The van der Waals surface area contributed by atoms with Crippen molar-refractivity contribution >= 4 is 119 Å².